The Morgan fingerprint density at radius 3 is 3.00 bits per heavy atom. The summed E-state index contributed by atoms with van der Waals surface area (Å²) in [4.78, 5) is 4.52. The molecule has 0 aliphatic carbocycles. The number of methoxy groups -OCH3 is 1. The van der Waals surface area contributed by atoms with Crippen LogP contribution in [0.1, 0.15) is 0 Å². The molecule has 0 aromatic heterocycles. The average Bonchev–Trinajstić information content (AvgIpc) is 2.19. The molecule has 4 heteroatoms. The Morgan fingerprint density at radius 1 is 1.46 bits per heavy atom. The molecule has 2 nitrogen and oxygen atoms in total. The zero-order chi connectivity index (χ0) is 9.52. The van der Waals surface area contributed by atoms with Gasteiger partial charge in [0.1, 0.15) is 5.75 Å². The highest BCUT2D eigenvalue weighted by molar-refractivity contribution is 7.99. The van der Waals surface area contributed by atoms with Crippen molar-refractivity contribution in [3.63, 3.8) is 0 Å². The number of ether oxygens (including phenoxy) is 1. The van der Waals surface area contributed by atoms with Gasteiger partial charge in [-0.3, -0.25) is 0 Å². The molecule has 13 heavy (non-hydrogen) atoms. The normalized spacial score (nSPS) is 10.0. The van der Waals surface area contributed by atoms with Gasteiger partial charge in [-0.25, -0.2) is 0 Å². The van der Waals surface area contributed by atoms with Crippen molar-refractivity contribution in [1.29, 1.82) is 0 Å². The van der Waals surface area contributed by atoms with Crippen LogP contribution in [0, 0.1) is 0 Å². The minimum absolute atomic E-state index is 0.113. The minimum atomic E-state index is 0.113. The summed E-state index contributed by atoms with van der Waals surface area (Å²) in [6.07, 6.45) is 0. The van der Waals surface area contributed by atoms with E-state index in [1.165, 1.54) is 11.8 Å². The number of halogens is 1. The van der Waals surface area contributed by atoms with E-state index >= 15 is 0 Å². The molecular weight excluding hydrogens is 191 g/mol. The summed E-state index contributed by atoms with van der Waals surface area (Å²) in [5, 5.41) is 0. The first-order valence-electron chi connectivity index (χ1n) is 3.87. The van der Waals surface area contributed by atoms with E-state index in [-0.39, 0.29) is 6.61 Å². The number of hydrogen-bond acceptors (Lipinski definition) is 3. The molecule has 0 saturated carbocycles. The molecule has 1 aromatic rings. The molecule has 0 unspecified atom stereocenters. The molecule has 1 rings (SSSR count). The van der Waals surface area contributed by atoms with Gasteiger partial charge < -0.3 is 4.74 Å². The summed E-state index contributed by atoms with van der Waals surface area (Å²) in [5.41, 5.74) is 0. The number of rotatable bonds is 5. The van der Waals surface area contributed by atoms with Gasteiger partial charge in [0.25, 0.3) is 0 Å². The van der Waals surface area contributed by atoms with E-state index in [1.807, 2.05) is 24.3 Å². The van der Waals surface area contributed by atoms with E-state index in [4.69, 9.17) is 4.74 Å². The third kappa shape index (κ3) is 3.65. The molecule has 0 heterocycles. The molecule has 1 aromatic carbocycles. The second kappa shape index (κ2) is 5.83. The summed E-state index contributed by atoms with van der Waals surface area (Å²) in [6.45, 7) is 0.113. The van der Waals surface area contributed by atoms with Gasteiger partial charge in [0.05, 0.1) is 13.7 Å². The first-order valence-corrected chi connectivity index (χ1v) is 4.86. The summed E-state index contributed by atoms with van der Waals surface area (Å²) in [5.74, 6) is 1.41. The summed E-state index contributed by atoms with van der Waals surface area (Å²) in [7, 11) is 1.62. The second-order valence-electron chi connectivity index (χ2n) is 2.34. The van der Waals surface area contributed by atoms with Crippen LogP contribution in [0.5, 0.6) is 5.75 Å². The van der Waals surface area contributed by atoms with Crippen molar-refractivity contribution < 1.29 is 14.2 Å². The Labute approximate surface area is 80.9 Å². The Bertz CT molecular complexity index is 255. The Hall–Kier alpha value is -0.740. The molecule has 0 radical (unpaired) electrons. The van der Waals surface area contributed by atoms with Crippen LogP contribution in [0.4, 0.5) is 4.53 Å². The van der Waals surface area contributed by atoms with Crippen molar-refractivity contribution in [3.8, 4) is 5.75 Å². The predicted molar refractivity (Wildman–Crippen MR) is 50.8 cm³/mol. The number of hydrogen-bond donors (Lipinski definition) is 0. The predicted octanol–water partition coefficient (Wildman–Crippen LogP) is 2.69. The summed E-state index contributed by atoms with van der Waals surface area (Å²) >= 11 is 1.53. The van der Waals surface area contributed by atoms with Crippen molar-refractivity contribution in [2.45, 2.75) is 4.90 Å². The fourth-order valence-electron chi connectivity index (χ4n) is 0.882. The maximum atomic E-state index is 11.3. The van der Waals surface area contributed by atoms with E-state index in [0.29, 0.717) is 5.75 Å². The highest BCUT2D eigenvalue weighted by Gasteiger charge is 1.96. The molecule has 0 atom stereocenters. The van der Waals surface area contributed by atoms with E-state index in [1.54, 1.807) is 7.11 Å². The summed E-state index contributed by atoms with van der Waals surface area (Å²) < 4.78 is 16.3. The zero-order valence-electron chi connectivity index (χ0n) is 7.33. The van der Waals surface area contributed by atoms with Gasteiger partial charge in [0, 0.05) is 10.6 Å². The van der Waals surface area contributed by atoms with Gasteiger partial charge in [-0.15, -0.1) is 11.8 Å². The van der Waals surface area contributed by atoms with Gasteiger partial charge in [-0.1, -0.05) is 6.07 Å². The van der Waals surface area contributed by atoms with Crippen molar-refractivity contribution in [1.82, 2.24) is 0 Å². The minimum Gasteiger partial charge on any atom is -0.497 e. The van der Waals surface area contributed by atoms with Gasteiger partial charge >= 0.3 is 0 Å². The Morgan fingerprint density at radius 2 is 2.31 bits per heavy atom. The lowest BCUT2D eigenvalue weighted by Crippen LogP contribution is -1.88. The lowest BCUT2D eigenvalue weighted by Gasteiger charge is -2.02. The lowest BCUT2D eigenvalue weighted by atomic mass is 10.3. The van der Waals surface area contributed by atoms with Gasteiger partial charge in [-0.05, 0) is 22.7 Å². The van der Waals surface area contributed by atoms with Crippen LogP contribution >= 0.6 is 11.8 Å². The molecular formula is C9H11FO2S. The van der Waals surface area contributed by atoms with Gasteiger partial charge in [0.15, 0.2) is 0 Å². The topological polar surface area (TPSA) is 18.5 Å². The molecule has 0 aliphatic rings. The van der Waals surface area contributed by atoms with Crippen LogP contribution in [0.3, 0.4) is 0 Å². The SMILES string of the molecule is COc1cccc(SCCOF)c1. The fraction of sp³-hybridized carbons (Fsp3) is 0.333. The Balaban J connectivity index is 2.46. The number of benzene rings is 1. The quantitative estimate of drug-likeness (QED) is 0.540. The van der Waals surface area contributed by atoms with Crippen molar-refractivity contribution >= 4 is 11.8 Å². The van der Waals surface area contributed by atoms with Crippen LogP contribution in [-0.4, -0.2) is 19.5 Å². The summed E-state index contributed by atoms with van der Waals surface area (Å²) in [6, 6.07) is 7.63. The van der Waals surface area contributed by atoms with Crippen LogP contribution < -0.4 is 4.74 Å². The van der Waals surface area contributed by atoms with Crippen molar-refractivity contribution in [2.24, 2.45) is 0 Å². The average molecular weight is 202 g/mol. The highest BCUT2D eigenvalue weighted by atomic mass is 32.2. The lowest BCUT2D eigenvalue weighted by molar-refractivity contribution is -0.124. The Kier molecular flexibility index (Phi) is 4.64. The third-order valence-corrected chi connectivity index (χ3v) is 2.43. The van der Waals surface area contributed by atoms with Crippen LogP contribution in [0.15, 0.2) is 29.2 Å². The second-order valence-corrected chi connectivity index (χ2v) is 3.51. The van der Waals surface area contributed by atoms with E-state index in [0.717, 1.165) is 10.6 Å². The molecule has 0 saturated heterocycles. The largest absolute Gasteiger partial charge is 0.497 e. The first-order chi connectivity index (χ1) is 6.36. The molecule has 0 aliphatic heterocycles. The molecule has 0 fully saturated rings. The monoisotopic (exact) mass is 202 g/mol. The molecule has 0 N–H and O–H groups in total. The van der Waals surface area contributed by atoms with Gasteiger partial charge in [0.2, 0.25) is 0 Å². The molecule has 72 valence electrons. The van der Waals surface area contributed by atoms with Crippen molar-refractivity contribution in [3.05, 3.63) is 24.3 Å². The first kappa shape index (κ1) is 10.3. The van der Waals surface area contributed by atoms with E-state index in [9.17, 15) is 4.53 Å². The molecule has 0 bridgehead atoms. The van der Waals surface area contributed by atoms with E-state index < -0.39 is 0 Å². The standard InChI is InChI=1S/C9H11FO2S/c1-11-8-3-2-4-9(7-8)13-6-5-12-10/h2-4,7H,5-6H2,1H3. The van der Waals surface area contributed by atoms with Crippen LogP contribution in [0.25, 0.3) is 0 Å². The highest BCUT2D eigenvalue weighted by Crippen LogP contribution is 2.22. The molecule has 0 amide bonds. The maximum Gasteiger partial charge on any atom is 0.119 e. The van der Waals surface area contributed by atoms with Gasteiger partial charge in [-0.2, -0.15) is 4.94 Å². The van der Waals surface area contributed by atoms with Crippen LogP contribution in [0.2, 0.25) is 0 Å². The van der Waals surface area contributed by atoms with Crippen LogP contribution in [-0.2, 0) is 4.94 Å². The fourth-order valence-corrected chi connectivity index (χ4v) is 1.64. The van der Waals surface area contributed by atoms with Crippen molar-refractivity contribution in [2.75, 3.05) is 19.5 Å². The number of thioether (sulfide) groups is 1. The van der Waals surface area contributed by atoms with E-state index in [2.05, 4.69) is 4.94 Å². The maximum absolute atomic E-state index is 11.3. The molecule has 0 spiro atoms. The third-order valence-electron chi connectivity index (χ3n) is 1.47. The smallest absolute Gasteiger partial charge is 0.119 e. The zero-order valence-corrected chi connectivity index (χ0v) is 8.14.